The Morgan fingerprint density at radius 3 is 1.69 bits per heavy atom. The van der Waals surface area contributed by atoms with Gasteiger partial charge in [-0.1, -0.05) is 13.8 Å². The van der Waals surface area contributed by atoms with Gasteiger partial charge in [-0.3, -0.25) is 0 Å². The van der Waals surface area contributed by atoms with Gasteiger partial charge in [0, 0.05) is 0 Å². The topological polar surface area (TPSA) is 118 Å². The molecule has 0 rings (SSSR count). The van der Waals surface area contributed by atoms with E-state index in [1.54, 1.807) is 7.05 Å². The summed E-state index contributed by atoms with van der Waals surface area (Å²) in [5.74, 6) is 0. The summed E-state index contributed by atoms with van der Waals surface area (Å²) in [6.07, 6.45) is 0.613. The summed E-state index contributed by atoms with van der Waals surface area (Å²) >= 11 is 0. The van der Waals surface area contributed by atoms with Gasteiger partial charge in [-0.25, -0.2) is 0 Å². The third-order valence-electron chi connectivity index (χ3n) is 1.00. The first-order valence-corrected chi connectivity index (χ1v) is 5.15. The lowest BCUT2D eigenvalue weighted by atomic mass is 10.2. The van der Waals surface area contributed by atoms with Crippen molar-refractivity contribution in [3.05, 3.63) is 0 Å². The van der Waals surface area contributed by atoms with Crippen molar-refractivity contribution in [1.82, 2.24) is 5.32 Å². The second-order valence-electron chi connectivity index (χ2n) is 2.18. The largest absolute Gasteiger partial charge is 0.391 e. The fourth-order valence-corrected chi connectivity index (χ4v) is 0.197. The molecule has 0 aromatic heterocycles. The van der Waals surface area contributed by atoms with Crippen LogP contribution in [0.3, 0.4) is 0 Å². The Hall–Kier alpha value is -0.820. The molecule has 0 bridgehead atoms. The van der Waals surface area contributed by atoms with E-state index in [0.29, 0.717) is 12.8 Å². The molecule has 0 radical (unpaired) electrons. The van der Waals surface area contributed by atoms with Gasteiger partial charge in [-0.05, 0) is 21.0 Å². The van der Waals surface area contributed by atoms with Gasteiger partial charge >= 0.3 is 0 Å². The molecular weight excluding hydrogens is 210 g/mol. The van der Waals surface area contributed by atoms with Gasteiger partial charge in [-0.2, -0.15) is 0 Å². The van der Waals surface area contributed by atoms with Crippen LogP contribution in [-0.2, 0) is 9.59 Å². The van der Waals surface area contributed by atoms with E-state index in [0.717, 1.165) is 6.29 Å². The maximum absolute atomic E-state index is 9.66. The highest BCUT2D eigenvalue weighted by Crippen LogP contribution is 1.80. The molecule has 2 atom stereocenters. The highest BCUT2D eigenvalue weighted by molar-refractivity contribution is 5.57. The van der Waals surface area contributed by atoms with E-state index >= 15 is 0 Å². The molecule has 16 heavy (non-hydrogen) atoms. The predicted octanol–water partition coefficient (Wildman–Crippen LogP) is -1.10. The van der Waals surface area contributed by atoms with Crippen LogP contribution in [0.15, 0.2) is 0 Å². The lowest BCUT2D eigenvalue weighted by Crippen LogP contribution is -2.33. The summed E-state index contributed by atoms with van der Waals surface area (Å²) in [5.41, 5.74) is 9.50. The fourth-order valence-electron chi connectivity index (χ4n) is 0.197. The number of hydrogen-bond acceptors (Lipinski definition) is 6. The van der Waals surface area contributed by atoms with E-state index in [1.165, 1.54) is 14.0 Å². The van der Waals surface area contributed by atoms with E-state index in [2.05, 4.69) is 11.1 Å². The molecule has 6 nitrogen and oxygen atoms in total. The van der Waals surface area contributed by atoms with Gasteiger partial charge in [0.15, 0.2) is 0 Å². The molecule has 0 saturated carbocycles. The second-order valence-corrected chi connectivity index (χ2v) is 2.18. The molecule has 6 heteroatoms. The smallest absolute Gasteiger partial charge is 0.139 e. The first-order valence-electron chi connectivity index (χ1n) is 5.15. The van der Waals surface area contributed by atoms with E-state index in [4.69, 9.17) is 10.8 Å². The molecule has 0 aliphatic carbocycles. The molecule has 100 valence electrons. The molecule has 0 aromatic carbocycles. The van der Waals surface area contributed by atoms with Crippen LogP contribution in [0.4, 0.5) is 0 Å². The lowest BCUT2D eigenvalue weighted by molar-refractivity contribution is -0.110. The van der Waals surface area contributed by atoms with Crippen LogP contribution in [0.5, 0.6) is 0 Å². The van der Waals surface area contributed by atoms with Gasteiger partial charge < -0.3 is 31.5 Å². The zero-order valence-electron chi connectivity index (χ0n) is 10.9. The van der Waals surface area contributed by atoms with Gasteiger partial charge in [0.2, 0.25) is 0 Å². The number of aldehydes is 2. The van der Waals surface area contributed by atoms with E-state index in [-0.39, 0.29) is 0 Å². The number of likely N-dealkylation sites (N-methyl/N-ethyl adjacent to an activating group) is 1. The van der Waals surface area contributed by atoms with Gasteiger partial charge in [0.05, 0.1) is 18.7 Å². The Morgan fingerprint density at radius 2 is 1.69 bits per heavy atom. The molecule has 6 N–H and O–H groups in total. The number of carbonyl (C=O) groups excluding carboxylic acids is 2. The SMILES string of the molecule is CC.CC(O)[C@H](N)C=O.CN.CNCC=O. The number of nitrogens with two attached hydrogens (primary N) is 2. The van der Waals surface area contributed by atoms with Gasteiger partial charge in [-0.15, -0.1) is 0 Å². The summed E-state index contributed by atoms with van der Waals surface area (Å²) in [6.45, 7) is 5.93. The molecule has 0 aromatic rings. The van der Waals surface area contributed by atoms with Crippen molar-refractivity contribution in [1.29, 1.82) is 0 Å². The average molecular weight is 237 g/mol. The van der Waals surface area contributed by atoms with Gasteiger partial charge in [0.1, 0.15) is 12.6 Å². The van der Waals surface area contributed by atoms with Crippen LogP contribution in [-0.4, -0.2) is 50.5 Å². The van der Waals surface area contributed by atoms with Crippen molar-refractivity contribution in [3.63, 3.8) is 0 Å². The molecule has 0 fully saturated rings. The third kappa shape index (κ3) is 37.9. The van der Waals surface area contributed by atoms with E-state index in [9.17, 15) is 9.59 Å². The number of aliphatic hydroxyl groups excluding tert-OH is 1. The molecule has 0 spiro atoms. The number of carbonyl (C=O) groups is 2. The monoisotopic (exact) mass is 237 g/mol. The molecular formula is C10H27N3O3. The van der Waals surface area contributed by atoms with Crippen molar-refractivity contribution in [2.75, 3.05) is 20.6 Å². The number of aliphatic hydroxyl groups is 1. The minimum atomic E-state index is -0.725. The van der Waals surface area contributed by atoms with Crippen molar-refractivity contribution in [3.8, 4) is 0 Å². The van der Waals surface area contributed by atoms with Crippen molar-refractivity contribution >= 4 is 12.6 Å². The Balaban J connectivity index is -0.0000000704. The van der Waals surface area contributed by atoms with Gasteiger partial charge in [0.25, 0.3) is 0 Å². The predicted molar refractivity (Wildman–Crippen MR) is 67.2 cm³/mol. The summed E-state index contributed by atoms with van der Waals surface area (Å²) in [5, 5.41) is 11.1. The number of rotatable bonds is 4. The van der Waals surface area contributed by atoms with Crippen molar-refractivity contribution in [2.45, 2.75) is 32.9 Å². The number of nitrogens with one attached hydrogen (secondary N) is 1. The van der Waals surface area contributed by atoms with Crippen LogP contribution in [0.2, 0.25) is 0 Å². The Labute approximate surface area is 98.4 Å². The summed E-state index contributed by atoms with van der Waals surface area (Å²) in [4.78, 5) is 19.0. The highest BCUT2D eigenvalue weighted by atomic mass is 16.3. The average Bonchev–Trinajstić information content (AvgIpc) is 2.35. The zero-order valence-corrected chi connectivity index (χ0v) is 10.9. The second kappa shape index (κ2) is 29.2. The van der Waals surface area contributed by atoms with Crippen LogP contribution < -0.4 is 16.8 Å². The summed E-state index contributed by atoms with van der Waals surface area (Å²) in [7, 11) is 3.23. The van der Waals surface area contributed by atoms with Crippen LogP contribution in [0.1, 0.15) is 20.8 Å². The number of hydrogen-bond donors (Lipinski definition) is 4. The van der Waals surface area contributed by atoms with Crippen molar-refractivity contribution < 1.29 is 14.7 Å². The molecule has 0 aliphatic rings. The molecule has 0 heterocycles. The molecule has 1 unspecified atom stereocenters. The standard InChI is InChI=1S/C4H9NO2.C3H7NO.C2H6.CH5N/c1-3(7)4(5)2-6;1-4-2-3-5;2*1-2/h2-4,7H,5H2,1H3;3-4H,2H2,1H3;1-2H3;2H2,1H3/t3?,4-;;;/m1.../s1. The van der Waals surface area contributed by atoms with Crippen LogP contribution >= 0.6 is 0 Å². The third-order valence-corrected chi connectivity index (χ3v) is 1.00. The normalized spacial score (nSPS) is 11.0. The Bertz CT molecular complexity index is 122. The first kappa shape index (κ1) is 24.4. The first-order chi connectivity index (χ1) is 7.59. The minimum absolute atomic E-state index is 0.458. The van der Waals surface area contributed by atoms with E-state index in [1.807, 2.05) is 13.8 Å². The van der Waals surface area contributed by atoms with E-state index < -0.39 is 12.1 Å². The fraction of sp³-hybridized carbons (Fsp3) is 0.800. The Kier molecular flexibility index (Phi) is 44.6. The summed E-state index contributed by atoms with van der Waals surface area (Å²) in [6, 6.07) is -0.722. The summed E-state index contributed by atoms with van der Waals surface area (Å²) < 4.78 is 0. The van der Waals surface area contributed by atoms with Crippen LogP contribution in [0.25, 0.3) is 0 Å². The molecule has 0 saturated heterocycles. The minimum Gasteiger partial charge on any atom is -0.391 e. The molecule has 0 amide bonds. The van der Waals surface area contributed by atoms with Crippen molar-refractivity contribution in [2.24, 2.45) is 11.5 Å². The highest BCUT2D eigenvalue weighted by Gasteiger charge is 2.04. The lowest BCUT2D eigenvalue weighted by Gasteiger charge is -2.03. The maximum atomic E-state index is 9.66. The van der Waals surface area contributed by atoms with Crippen LogP contribution in [0, 0.1) is 0 Å². The quantitative estimate of drug-likeness (QED) is 0.461. The zero-order chi connectivity index (χ0) is 14.0. The molecule has 0 aliphatic heterocycles. The Morgan fingerprint density at radius 1 is 1.31 bits per heavy atom. The maximum Gasteiger partial charge on any atom is 0.139 e.